The molecule has 1 aromatic carbocycles. The third kappa shape index (κ3) is 4.24. The van der Waals surface area contributed by atoms with Gasteiger partial charge in [-0.2, -0.15) is 0 Å². The third-order valence-corrected chi connectivity index (χ3v) is 3.37. The Bertz CT molecular complexity index is 401. The number of methoxy groups -OCH3 is 1. The zero-order valence-corrected chi connectivity index (χ0v) is 12.1. The summed E-state index contributed by atoms with van der Waals surface area (Å²) in [4.78, 5) is 12.1. The number of carbonyl (C=O) groups excluding carboxylic acids is 1. The Morgan fingerprint density at radius 3 is 2.26 bits per heavy atom. The van der Waals surface area contributed by atoms with E-state index < -0.39 is 0 Å². The number of rotatable bonds is 6. The fraction of sp³-hybridized carbons (Fsp3) is 0.533. The first kappa shape index (κ1) is 15.5. The molecule has 1 aromatic rings. The topological polar surface area (TPSA) is 64.3 Å². The number of hydrogen-bond donors (Lipinski definition) is 2. The van der Waals surface area contributed by atoms with E-state index in [1.165, 1.54) is 0 Å². The summed E-state index contributed by atoms with van der Waals surface area (Å²) in [6.07, 6.45) is 0. The number of amides is 1. The second-order valence-corrected chi connectivity index (χ2v) is 5.09. The molecule has 0 fully saturated rings. The van der Waals surface area contributed by atoms with Crippen LogP contribution in [0.2, 0.25) is 0 Å². The Balaban J connectivity index is 2.67. The van der Waals surface area contributed by atoms with Crippen LogP contribution < -0.4 is 15.8 Å². The van der Waals surface area contributed by atoms with Crippen molar-refractivity contribution < 1.29 is 9.53 Å². The van der Waals surface area contributed by atoms with Crippen molar-refractivity contribution in [2.45, 2.75) is 26.8 Å². The van der Waals surface area contributed by atoms with Crippen LogP contribution in [0.4, 0.5) is 0 Å². The number of benzene rings is 1. The van der Waals surface area contributed by atoms with Gasteiger partial charge in [0.2, 0.25) is 5.91 Å². The molecule has 3 N–H and O–H groups in total. The lowest BCUT2D eigenvalue weighted by molar-refractivity contribution is -0.126. The summed E-state index contributed by atoms with van der Waals surface area (Å²) in [5.41, 5.74) is 6.70. The Labute approximate surface area is 115 Å². The summed E-state index contributed by atoms with van der Waals surface area (Å²) in [7, 11) is 1.63. The molecule has 4 heteroatoms. The summed E-state index contributed by atoms with van der Waals surface area (Å²) in [5, 5.41) is 3.01. The zero-order valence-electron chi connectivity index (χ0n) is 12.1. The number of nitrogens with two attached hydrogens (primary N) is 1. The normalized spacial score (nSPS) is 14.0. The first-order chi connectivity index (χ1) is 8.99. The lowest BCUT2D eigenvalue weighted by Gasteiger charge is -2.22. The molecule has 0 saturated carbocycles. The van der Waals surface area contributed by atoms with E-state index in [0.29, 0.717) is 6.54 Å². The van der Waals surface area contributed by atoms with Gasteiger partial charge >= 0.3 is 0 Å². The van der Waals surface area contributed by atoms with E-state index in [0.717, 1.165) is 11.3 Å². The van der Waals surface area contributed by atoms with Crippen LogP contribution in [-0.4, -0.2) is 19.6 Å². The van der Waals surface area contributed by atoms with Crippen molar-refractivity contribution in [1.29, 1.82) is 0 Å². The molecule has 19 heavy (non-hydrogen) atoms. The molecule has 0 bridgehead atoms. The molecule has 0 aromatic heterocycles. The fourth-order valence-corrected chi connectivity index (χ4v) is 1.98. The van der Waals surface area contributed by atoms with Crippen LogP contribution in [0.25, 0.3) is 0 Å². The van der Waals surface area contributed by atoms with Crippen LogP contribution in [0.1, 0.15) is 32.4 Å². The average molecular weight is 264 g/mol. The molecule has 2 atom stereocenters. The van der Waals surface area contributed by atoms with Crippen molar-refractivity contribution in [1.82, 2.24) is 5.32 Å². The van der Waals surface area contributed by atoms with Crippen molar-refractivity contribution in [3.8, 4) is 5.75 Å². The number of ether oxygens (including phenoxy) is 1. The molecule has 1 amide bonds. The van der Waals surface area contributed by atoms with Gasteiger partial charge in [-0.25, -0.2) is 0 Å². The third-order valence-electron chi connectivity index (χ3n) is 3.37. The van der Waals surface area contributed by atoms with Gasteiger partial charge in [-0.1, -0.05) is 26.0 Å². The zero-order chi connectivity index (χ0) is 14.4. The van der Waals surface area contributed by atoms with E-state index >= 15 is 0 Å². The highest BCUT2D eigenvalue weighted by Gasteiger charge is 2.22. The molecule has 106 valence electrons. The van der Waals surface area contributed by atoms with Gasteiger partial charge < -0.3 is 15.8 Å². The van der Waals surface area contributed by atoms with E-state index in [1.54, 1.807) is 7.11 Å². The van der Waals surface area contributed by atoms with Gasteiger partial charge in [0.25, 0.3) is 0 Å². The van der Waals surface area contributed by atoms with Crippen molar-refractivity contribution in [2.24, 2.45) is 17.6 Å². The quantitative estimate of drug-likeness (QED) is 0.827. The van der Waals surface area contributed by atoms with E-state index in [2.05, 4.69) is 5.32 Å². The molecule has 0 heterocycles. The summed E-state index contributed by atoms with van der Waals surface area (Å²) in [6, 6.07) is 7.65. The van der Waals surface area contributed by atoms with Crippen molar-refractivity contribution in [3.63, 3.8) is 0 Å². The van der Waals surface area contributed by atoms with E-state index in [9.17, 15) is 4.79 Å². The second kappa shape index (κ2) is 7.14. The Morgan fingerprint density at radius 2 is 1.84 bits per heavy atom. The van der Waals surface area contributed by atoms with E-state index in [1.807, 2.05) is 45.0 Å². The summed E-state index contributed by atoms with van der Waals surface area (Å²) in [5.74, 6) is 0.930. The van der Waals surface area contributed by atoms with Gasteiger partial charge in [0.15, 0.2) is 0 Å². The molecular formula is C15H24N2O2. The minimum atomic E-state index is -0.138. The highest BCUT2D eigenvalue weighted by molar-refractivity contribution is 5.79. The molecule has 0 spiro atoms. The van der Waals surface area contributed by atoms with Gasteiger partial charge in [-0.05, 0) is 30.5 Å². The molecule has 0 saturated heterocycles. The molecule has 1 rings (SSSR count). The van der Waals surface area contributed by atoms with Crippen LogP contribution in [0, 0.1) is 11.8 Å². The molecule has 0 radical (unpaired) electrons. The Hall–Kier alpha value is -1.55. The molecule has 4 nitrogen and oxygen atoms in total. The first-order valence-electron chi connectivity index (χ1n) is 6.64. The SMILES string of the molecule is COc1ccc([C@@H](C)NC(=O)C(CN)C(C)C)cc1. The number of nitrogens with one attached hydrogen (secondary N) is 1. The Morgan fingerprint density at radius 1 is 1.26 bits per heavy atom. The lowest BCUT2D eigenvalue weighted by Crippen LogP contribution is -2.39. The molecular weight excluding hydrogens is 240 g/mol. The average Bonchev–Trinajstić information content (AvgIpc) is 2.39. The molecule has 0 aliphatic rings. The summed E-state index contributed by atoms with van der Waals surface area (Å²) < 4.78 is 5.11. The van der Waals surface area contributed by atoms with Gasteiger partial charge in [-0.3, -0.25) is 4.79 Å². The number of hydrogen-bond acceptors (Lipinski definition) is 3. The van der Waals surface area contributed by atoms with Crippen LogP contribution in [0.3, 0.4) is 0 Å². The van der Waals surface area contributed by atoms with Crippen molar-refractivity contribution in [2.75, 3.05) is 13.7 Å². The summed E-state index contributed by atoms with van der Waals surface area (Å²) >= 11 is 0. The van der Waals surface area contributed by atoms with Crippen LogP contribution in [-0.2, 0) is 4.79 Å². The van der Waals surface area contributed by atoms with Crippen molar-refractivity contribution >= 4 is 5.91 Å². The minimum Gasteiger partial charge on any atom is -0.497 e. The maximum atomic E-state index is 12.1. The van der Waals surface area contributed by atoms with Gasteiger partial charge in [0.05, 0.1) is 19.1 Å². The fourth-order valence-electron chi connectivity index (χ4n) is 1.98. The van der Waals surface area contributed by atoms with E-state index in [-0.39, 0.29) is 23.8 Å². The summed E-state index contributed by atoms with van der Waals surface area (Å²) in [6.45, 7) is 6.36. The first-order valence-corrected chi connectivity index (χ1v) is 6.64. The number of carbonyl (C=O) groups is 1. The van der Waals surface area contributed by atoms with Gasteiger partial charge in [0.1, 0.15) is 5.75 Å². The van der Waals surface area contributed by atoms with Gasteiger partial charge in [0, 0.05) is 6.54 Å². The molecule has 1 unspecified atom stereocenters. The molecule has 0 aliphatic heterocycles. The minimum absolute atomic E-state index is 0.0146. The van der Waals surface area contributed by atoms with Crippen LogP contribution >= 0.6 is 0 Å². The lowest BCUT2D eigenvalue weighted by atomic mass is 9.94. The predicted molar refractivity (Wildman–Crippen MR) is 76.9 cm³/mol. The maximum Gasteiger partial charge on any atom is 0.225 e. The van der Waals surface area contributed by atoms with E-state index in [4.69, 9.17) is 10.5 Å². The largest absolute Gasteiger partial charge is 0.497 e. The van der Waals surface area contributed by atoms with Crippen molar-refractivity contribution in [3.05, 3.63) is 29.8 Å². The van der Waals surface area contributed by atoms with Crippen LogP contribution in [0.5, 0.6) is 5.75 Å². The smallest absolute Gasteiger partial charge is 0.225 e. The highest BCUT2D eigenvalue weighted by Crippen LogP contribution is 2.18. The molecule has 0 aliphatic carbocycles. The highest BCUT2D eigenvalue weighted by atomic mass is 16.5. The predicted octanol–water partition coefficient (Wildman–Crippen LogP) is 2.10. The Kier molecular flexibility index (Phi) is 5.83. The monoisotopic (exact) mass is 264 g/mol. The standard InChI is InChI=1S/C15H24N2O2/c1-10(2)14(9-16)15(18)17-11(3)12-5-7-13(19-4)8-6-12/h5-8,10-11,14H,9,16H2,1-4H3,(H,17,18)/t11-,14?/m1/s1. The van der Waals surface area contributed by atoms with Crippen LogP contribution in [0.15, 0.2) is 24.3 Å². The van der Waals surface area contributed by atoms with Gasteiger partial charge in [-0.15, -0.1) is 0 Å². The second-order valence-electron chi connectivity index (χ2n) is 5.09. The maximum absolute atomic E-state index is 12.1.